The molecule has 0 rings (SSSR count). The fraction of sp³-hybridized carbons (Fsp3) is 0.308. The van der Waals surface area contributed by atoms with Crippen molar-refractivity contribution in [2.24, 2.45) is 0 Å². The molecule has 0 aromatic rings. The van der Waals surface area contributed by atoms with E-state index in [1.807, 2.05) is 19.1 Å². The van der Waals surface area contributed by atoms with Gasteiger partial charge in [-0.25, -0.2) is 4.79 Å². The number of ether oxygens (including phenoxy) is 2. The number of hydrogen-bond donors (Lipinski definition) is 0. The summed E-state index contributed by atoms with van der Waals surface area (Å²) in [4.78, 5) is 11.4. The van der Waals surface area contributed by atoms with Crippen LogP contribution in [0.1, 0.15) is 13.8 Å². The standard InChI is InChI=1S/C13H18O3/c1-5-7-8-9-11(3)10-12(15-4)13(14)16-6-2/h5,7-10H,1,6H2,2-4H3/b8-7-,11-9+,12-10+. The van der Waals surface area contributed by atoms with Crippen LogP contribution >= 0.6 is 0 Å². The van der Waals surface area contributed by atoms with Crippen LogP contribution in [0.15, 0.2) is 48.3 Å². The summed E-state index contributed by atoms with van der Waals surface area (Å²) < 4.78 is 9.77. The van der Waals surface area contributed by atoms with Gasteiger partial charge in [-0.3, -0.25) is 0 Å². The minimum atomic E-state index is -0.453. The summed E-state index contributed by atoms with van der Waals surface area (Å²) in [6, 6.07) is 0. The summed E-state index contributed by atoms with van der Waals surface area (Å²) in [7, 11) is 1.44. The predicted molar refractivity (Wildman–Crippen MR) is 64.8 cm³/mol. The van der Waals surface area contributed by atoms with Crippen molar-refractivity contribution >= 4 is 5.97 Å². The molecule has 0 unspecified atom stereocenters. The van der Waals surface area contributed by atoms with Crippen molar-refractivity contribution in [3.05, 3.63) is 48.3 Å². The van der Waals surface area contributed by atoms with Crippen molar-refractivity contribution in [1.82, 2.24) is 0 Å². The van der Waals surface area contributed by atoms with E-state index in [2.05, 4.69) is 6.58 Å². The average molecular weight is 222 g/mol. The van der Waals surface area contributed by atoms with E-state index in [0.29, 0.717) is 6.61 Å². The summed E-state index contributed by atoms with van der Waals surface area (Å²) in [6.07, 6.45) is 8.78. The molecule has 3 nitrogen and oxygen atoms in total. The van der Waals surface area contributed by atoms with Gasteiger partial charge < -0.3 is 9.47 Å². The Balaban J connectivity index is 4.68. The van der Waals surface area contributed by atoms with E-state index in [4.69, 9.17) is 9.47 Å². The first-order valence-electron chi connectivity index (χ1n) is 5.04. The minimum absolute atomic E-state index is 0.197. The predicted octanol–water partition coefficient (Wildman–Crippen LogP) is 2.77. The molecule has 0 radical (unpaired) electrons. The second-order valence-corrected chi connectivity index (χ2v) is 2.96. The van der Waals surface area contributed by atoms with Gasteiger partial charge in [-0.1, -0.05) is 30.9 Å². The van der Waals surface area contributed by atoms with E-state index in [1.165, 1.54) is 7.11 Å². The number of rotatable bonds is 6. The van der Waals surface area contributed by atoms with Crippen LogP contribution < -0.4 is 0 Å². The number of allylic oxidation sites excluding steroid dienone is 6. The molecule has 0 aliphatic heterocycles. The number of hydrogen-bond acceptors (Lipinski definition) is 3. The van der Waals surface area contributed by atoms with Gasteiger partial charge in [0.15, 0.2) is 0 Å². The van der Waals surface area contributed by atoms with Gasteiger partial charge in [0.1, 0.15) is 0 Å². The summed E-state index contributed by atoms with van der Waals surface area (Å²) in [5.74, 6) is -0.256. The third-order valence-electron chi connectivity index (χ3n) is 1.66. The Labute approximate surface area is 96.7 Å². The lowest BCUT2D eigenvalue weighted by Gasteiger charge is -2.04. The van der Waals surface area contributed by atoms with Gasteiger partial charge in [0, 0.05) is 0 Å². The number of carbonyl (C=O) groups excluding carboxylic acids is 1. The molecule has 0 aromatic heterocycles. The lowest BCUT2D eigenvalue weighted by Crippen LogP contribution is -2.09. The molecule has 0 heterocycles. The van der Waals surface area contributed by atoms with Crippen LogP contribution in [-0.4, -0.2) is 19.7 Å². The van der Waals surface area contributed by atoms with Gasteiger partial charge in [-0.15, -0.1) is 0 Å². The van der Waals surface area contributed by atoms with E-state index in [0.717, 1.165) is 5.57 Å². The van der Waals surface area contributed by atoms with E-state index in [1.54, 1.807) is 25.2 Å². The highest BCUT2D eigenvalue weighted by Gasteiger charge is 2.09. The SMILES string of the molecule is C=C\C=C/C=C(C)/C=C(/OC)C(=O)OCC. The Bertz CT molecular complexity index is 322. The zero-order chi connectivity index (χ0) is 12.4. The van der Waals surface area contributed by atoms with Crippen LogP contribution in [-0.2, 0) is 14.3 Å². The Hall–Kier alpha value is -1.77. The normalized spacial score (nSPS) is 12.7. The molecule has 0 spiro atoms. The lowest BCUT2D eigenvalue weighted by atomic mass is 10.2. The zero-order valence-electron chi connectivity index (χ0n) is 10.0. The first-order valence-corrected chi connectivity index (χ1v) is 5.04. The van der Waals surface area contributed by atoms with E-state index in [9.17, 15) is 4.79 Å². The van der Waals surface area contributed by atoms with Gasteiger partial charge >= 0.3 is 5.97 Å². The van der Waals surface area contributed by atoms with Gasteiger partial charge in [0.25, 0.3) is 0 Å². The molecule has 0 aliphatic carbocycles. The van der Waals surface area contributed by atoms with Crippen molar-refractivity contribution in [1.29, 1.82) is 0 Å². The molecule has 0 amide bonds. The topological polar surface area (TPSA) is 35.5 Å². The van der Waals surface area contributed by atoms with Gasteiger partial charge in [-0.05, 0) is 25.5 Å². The highest BCUT2D eigenvalue weighted by atomic mass is 16.6. The van der Waals surface area contributed by atoms with Crippen LogP contribution in [0.3, 0.4) is 0 Å². The highest BCUT2D eigenvalue weighted by molar-refractivity contribution is 5.86. The molecule has 0 N–H and O–H groups in total. The van der Waals surface area contributed by atoms with Gasteiger partial charge in [0.05, 0.1) is 13.7 Å². The summed E-state index contributed by atoms with van der Waals surface area (Å²) in [5, 5.41) is 0. The third-order valence-corrected chi connectivity index (χ3v) is 1.66. The second kappa shape index (κ2) is 8.53. The maximum Gasteiger partial charge on any atom is 0.373 e. The Kier molecular flexibility index (Phi) is 7.59. The third kappa shape index (κ3) is 5.86. The molecule has 0 aliphatic rings. The van der Waals surface area contributed by atoms with E-state index >= 15 is 0 Å². The lowest BCUT2D eigenvalue weighted by molar-refractivity contribution is -0.142. The Morgan fingerprint density at radius 2 is 2.06 bits per heavy atom. The molecule has 0 bridgehead atoms. The quantitative estimate of drug-likeness (QED) is 0.300. The first kappa shape index (κ1) is 14.2. The summed E-state index contributed by atoms with van der Waals surface area (Å²) in [5.41, 5.74) is 0.892. The molecule has 16 heavy (non-hydrogen) atoms. The number of methoxy groups -OCH3 is 1. The molecule has 88 valence electrons. The van der Waals surface area contributed by atoms with Gasteiger partial charge in [-0.2, -0.15) is 0 Å². The minimum Gasteiger partial charge on any atom is -0.490 e. The number of esters is 1. The zero-order valence-corrected chi connectivity index (χ0v) is 10.0. The van der Waals surface area contributed by atoms with Crippen molar-refractivity contribution < 1.29 is 14.3 Å². The first-order chi connectivity index (χ1) is 7.65. The van der Waals surface area contributed by atoms with E-state index in [-0.39, 0.29) is 5.76 Å². The van der Waals surface area contributed by atoms with Crippen LogP contribution in [0.5, 0.6) is 0 Å². The van der Waals surface area contributed by atoms with Crippen LogP contribution in [0, 0.1) is 0 Å². The van der Waals surface area contributed by atoms with Gasteiger partial charge in [0.2, 0.25) is 5.76 Å². The molecule has 3 heteroatoms. The average Bonchev–Trinajstić information content (AvgIpc) is 2.26. The molecular formula is C13H18O3. The highest BCUT2D eigenvalue weighted by Crippen LogP contribution is 2.05. The Morgan fingerprint density at radius 3 is 2.56 bits per heavy atom. The van der Waals surface area contributed by atoms with Crippen molar-refractivity contribution in [2.75, 3.05) is 13.7 Å². The molecule has 0 saturated heterocycles. The van der Waals surface area contributed by atoms with Crippen LogP contribution in [0.4, 0.5) is 0 Å². The van der Waals surface area contributed by atoms with E-state index < -0.39 is 5.97 Å². The summed E-state index contributed by atoms with van der Waals surface area (Å²) in [6.45, 7) is 7.51. The van der Waals surface area contributed by atoms with Crippen LogP contribution in [0.2, 0.25) is 0 Å². The maximum atomic E-state index is 11.4. The fourth-order valence-corrected chi connectivity index (χ4v) is 0.944. The Morgan fingerprint density at radius 1 is 1.38 bits per heavy atom. The second-order valence-electron chi connectivity index (χ2n) is 2.96. The van der Waals surface area contributed by atoms with Crippen molar-refractivity contribution in [3.8, 4) is 0 Å². The fourth-order valence-electron chi connectivity index (χ4n) is 0.944. The largest absolute Gasteiger partial charge is 0.490 e. The van der Waals surface area contributed by atoms with Crippen molar-refractivity contribution in [2.45, 2.75) is 13.8 Å². The molecule has 0 aromatic carbocycles. The smallest absolute Gasteiger partial charge is 0.373 e. The molecule has 0 saturated carbocycles. The van der Waals surface area contributed by atoms with Crippen LogP contribution in [0.25, 0.3) is 0 Å². The molecule has 0 atom stereocenters. The molecular weight excluding hydrogens is 204 g/mol. The maximum absolute atomic E-state index is 11.4. The summed E-state index contributed by atoms with van der Waals surface area (Å²) >= 11 is 0. The number of carbonyl (C=O) groups is 1. The molecule has 0 fully saturated rings. The monoisotopic (exact) mass is 222 g/mol. The van der Waals surface area contributed by atoms with Crippen molar-refractivity contribution in [3.63, 3.8) is 0 Å².